The number of rotatable bonds is 2. The quantitative estimate of drug-likeness (QED) is 0.491. The Balaban J connectivity index is 1.82. The van der Waals surface area contributed by atoms with E-state index >= 15 is 0 Å². The fraction of sp³-hybridized carbons (Fsp3) is 0.273. The first-order valence-corrected chi connectivity index (χ1v) is 9.68. The molecule has 0 saturated carbocycles. The van der Waals surface area contributed by atoms with E-state index in [1.165, 1.54) is 5.56 Å². The highest BCUT2D eigenvalue weighted by atomic mass is 16.3. The number of hydrogen-bond donors (Lipinski definition) is 0. The van der Waals surface area contributed by atoms with Gasteiger partial charge in [-0.3, -0.25) is 0 Å². The molecule has 0 bridgehead atoms. The Labute approximate surface area is 165 Å². The van der Waals surface area contributed by atoms with Gasteiger partial charge < -0.3 is 14.2 Å². The molecule has 1 unspecified atom stereocenters. The van der Waals surface area contributed by atoms with Crippen LogP contribution in [0.5, 0.6) is 0 Å². The number of hydrogen-bond acceptors (Lipinski definition) is 5. The van der Waals surface area contributed by atoms with Crippen LogP contribution in [-0.2, 0) is 0 Å². The molecule has 0 spiro atoms. The minimum absolute atomic E-state index is 0.0610. The van der Waals surface area contributed by atoms with Gasteiger partial charge in [0.1, 0.15) is 14.0 Å². The molecule has 0 fully saturated rings. The van der Waals surface area contributed by atoms with Crippen LogP contribution >= 0.6 is 0 Å². The zero-order valence-corrected chi connectivity index (χ0v) is 16.9. The summed E-state index contributed by atoms with van der Waals surface area (Å²) in [5, 5.41) is 2.14. The molecule has 0 aliphatic carbocycles. The Bertz CT molecular complexity index is 1210. The van der Waals surface area contributed by atoms with Crippen molar-refractivity contribution >= 4 is 47.1 Å². The molecule has 4 heterocycles. The van der Waals surface area contributed by atoms with E-state index in [-0.39, 0.29) is 11.6 Å². The summed E-state index contributed by atoms with van der Waals surface area (Å²) in [5.41, 5.74) is 4.86. The average Bonchev–Trinajstić information content (AvgIpc) is 3.16. The van der Waals surface area contributed by atoms with Gasteiger partial charge in [-0.05, 0) is 57.5 Å². The zero-order chi connectivity index (χ0) is 19.6. The van der Waals surface area contributed by atoms with Crippen LogP contribution in [0.3, 0.4) is 0 Å². The molecule has 0 saturated heterocycles. The van der Waals surface area contributed by atoms with E-state index < -0.39 is 0 Å². The molecule has 1 aliphatic rings. The SMILES string of the molecule is BC(C)(C)N1c2ncccc2N(c2c(C)ccc3c2oc2ncccc23)C1C. The monoisotopic (exact) mass is 370 g/mol. The maximum atomic E-state index is 6.27. The van der Waals surface area contributed by atoms with Gasteiger partial charge in [-0.25, -0.2) is 9.97 Å². The normalized spacial score (nSPS) is 16.9. The summed E-state index contributed by atoms with van der Waals surface area (Å²) in [6.45, 7) is 8.82. The van der Waals surface area contributed by atoms with E-state index in [2.05, 4.69) is 74.6 Å². The number of furan rings is 1. The summed E-state index contributed by atoms with van der Waals surface area (Å²) in [6, 6.07) is 12.5. The van der Waals surface area contributed by atoms with Crippen LogP contribution in [0.15, 0.2) is 53.2 Å². The molecular weight excluding hydrogens is 347 g/mol. The van der Waals surface area contributed by atoms with E-state index in [4.69, 9.17) is 9.40 Å². The predicted octanol–water partition coefficient (Wildman–Crippen LogP) is 4.36. The standard InChI is InChI=1S/C22H23BN4O/c1-13-9-10-15-16-7-5-12-25-21(16)28-19(15)18(13)26-14(2)27(22(3,4)23)20-17(26)8-6-11-24-20/h5-12,14H,23H2,1-4H3. The summed E-state index contributed by atoms with van der Waals surface area (Å²) in [5.74, 6) is 1.01. The first-order chi connectivity index (χ1) is 13.4. The van der Waals surface area contributed by atoms with Gasteiger partial charge in [0.05, 0.1) is 11.4 Å². The molecule has 5 rings (SSSR count). The van der Waals surface area contributed by atoms with Crippen LogP contribution in [-0.4, -0.2) is 29.4 Å². The van der Waals surface area contributed by atoms with Gasteiger partial charge >= 0.3 is 0 Å². The molecule has 6 heteroatoms. The summed E-state index contributed by atoms with van der Waals surface area (Å²) in [7, 11) is 2.23. The number of benzene rings is 1. The maximum absolute atomic E-state index is 6.27. The van der Waals surface area contributed by atoms with Crippen molar-refractivity contribution < 1.29 is 4.42 Å². The Morgan fingerprint density at radius 3 is 2.57 bits per heavy atom. The second kappa shape index (κ2) is 5.74. The molecular formula is C22H23BN4O. The maximum Gasteiger partial charge on any atom is 0.227 e. The number of anilines is 3. The minimum atomic E-state index is -0.0610. The van der Waals surface area contributed by atoms with E-state index in [1.807, 2.05) is 18.3 Å². The summed E-state index contributed by atoms with van der Waals surface area (Å²) < 4.78 is 6.27. The number of aryl methyl sites for hydroxylation is 1. The highest BCUT2D eigenvalue weighted by Gasteiger charge is 2.41. The molecule has 0 radical (unpaired) electrons. The topological polar surface area (TPSA) is 45.4 Å². The second-order valence-corrected chi connectivity index (χ2v) is 8.45. The van der Waals surface area contributed by atoms with Gasteiger partial charge in [-0.15, -0.1) is 0 Å². The van der Waals surface area contributed by atoms with Crippen LogP contribution in [0, 0.1) is 6.92 Å². The molecule has 28 heavy (non-hydrogen) atoms. The number of nitrogens with zero attached hydrogens (tertiary/aromatic N) is 4. The predicted molar refractivity (Wildman–Crippen MR) is 117 cm³/mol. The lowest BCUT2D eigenvalue weighted by Gasteiger charge is -2.39. The average molecular weight is 370 g/mol. The van der Waals surface area contributed by atoms with Crippen molar-refractivity contribution in [1.82, 2.24) is 9.97 Å². The van der Waals surface area contributed by atoms with Gasteiger partial charge in [-0.1, -0.05) is 12.1 Å². The van der Waals surface area contributed by atoms with Gasteiger partial charge in [0, 0.05) is 28.6 Å². The van der Waals surface area contributed by atoms with E-state index in [1.54, 1.807) is 6.20 Å². The molecule has 5 nitrogen and oxygen atoms in total. The van der Waals surface area contributed by atoms with Crippen LogP contribution in [0.2, 0.25) is 0 Å². The number of fused-ring (bicyclic) bond motifs is 4. The molecule has 1 aliphatic heterocycles. The van der Waals surface area contributed by atoms with E-state index in [0.29, 0.717) is 5.71 Å². The Hall–Kier alpha value is -3.02. The third-order valence-corrected chi connectivity index (χ3v) is 5.56. The third-order valence-electron chi connectivity index (χ3n) is 5.56. The fourth-order valence-corrected chi connectivity index (χ4v) is 4.50. The van der Waals surface area contributed by atoms with Crippen molar-refractivity contribution in [3.63, 3.8) is 0 Å². The van der Waals surface area contributed by atoms with Crippen molar-refractivity contribution in [2.45, 2.75) is 39.3 Å². The van der Waals surface area contributed by atoms with Crippen molar-refractivity contribution in [2.24, 2.45) is 0 Å². The lowest BCUT2D eigenvalue weighted by Crippen LogP contribution is -2.51. The first-order valence-electron chi connectivity index (χ1n) is 9.68. The summed E-state index contributed by atoms with van der Waals surface area (Å²) in [6.07, 6.45) is 3.75. The number of pyridine rings is 2. The van der Waals surface area contributed by atoms with Crippen molar-refractivity contribution in [1.29, 1.82) is 0 Å². The van der Waals surface area contributed by atoms with Crippen molar-refractivity contribution in [3.05, 3.63) is 54.4 Å². The third kappa shape index (κ3) is 2.27. The van der Waals surface area contributed by atoms with Crippen LogP contribution < -0.4 is 9.80 Å². The van der Waals surface area contributed by atoms with E-state index in [0.717, 1.165) is 33.5 Å². The van der Waals surface area contributed by atoms with Crippen LogP contribution in [0.4, 0.5) is 17.2 Å². The lowest BCUT2D eigenvalue weighted by atomic mass is 9.80. The van der Waals surface area contributed by atoms with E-state index in [9.17, 15) is 0 Å². The minimum Gasteiger partial charge on any atom is -0.435 e. The van der Waals surface area contributed by atoms with Gasteiger partial charge in [0.25, 0.3) is 0 Å². The molecule has 1 aromatic carbocycles. The molecule has 0 amide bonds. The summed E-state index contributed by atoms with van der Waals surface area (Å²) in [4.78, 5) is 13.9. The number of aromatic nitrogens is 2. The van der Waals surface area contributed by atoms with Crippen LogP contribution in [0.1, 0.15) is 26.3 Å². The Morgan fingerprint density at radius 1 is 1.04 bits per heavy atom. The highest BCUT2D eigenvalue weighted by Crippen LogP contribution is 2.48. The van der Waals surface area contributed by atoms with Crippen molar-refractivity contribution in [3.8, 4) is 0 Å². The molecule has 0 N–H and O–H groups in total. The van der Waals surface area contributed by atoms with Crippen LogP contribution in [0.25, 0.3) is 22.1 Å². The Kier molecular flexibility index (Phi) is 3.51. The van der Waals surface area contributed by atoms with Crippen molar-refractivity contribution in [2.75, 3.05) is 9.80 Å². The Morgan fingerprint density at radius 2 is 1.79 bits per heavy atom. The molecule has 3 aromatic heterocycles. The van der Waals surface area contributed by atoms with Gasteiger partial charge in [-0.2, -0.15) is 0 Å². The second-order valence-electron chi connectivity index (χ2n) is 8.45. The molecule has 1 atom stereocenters. The first kappa shape index (κ1) is 17.1. The van der Waals surface area contributed by atoms with Gasteiger partial charge in [0.15, 0.2) is 11.4 Å². The molecule has 4 aromatic rings. The molecule has 140 valence electrons. The lowest BCUT2D eigenvalue weighted by molar-refractivity contribution is 0.555. The largest absolute Gasteiger partial charge is 0.435 e. The summed E-state index contributed by atoms with van der Waals surface area (Å²) >= 11 is 0. The smallest absolute Gasteiger partial charge is 0.227 e. The highest BCUT2D eigenvalue weighted by molar-refractivity contribution is 6.17. The van der Waals surface area contributed by atoms with Gasteiger partial charge in [0.2, 0.25) is 5.71 Å². The fourth-order valence-electron chi connectivity index (χ4n) is 4.50. The zero-order valence-electron chi connectivity index (χ0n) is 16.9.